The van der Waals surface area contributed by atoms with Gasteiger partial charge in [-0.15, -0.1) is 0 Å². The topological polar surface area (TPSA) is 167 Å². The molecule has 1 unspecified atom stereocenters. The number of likely N-dealkylation sites (N-methyl/N-ethyl adjacent to an activating group) is 2. The molecule has 6 rings (SSSR count). The van der Waals surface area contributed by atoms with Crippen molar-refractivity contribution in [3.63, 3.8) is 0 Å². The van der Waals surface area contributed by atoms with Crippen LogP contribution in [0, 0.1) is 5.41 Å². The molecular formula is C55H76N2O14+2. The van der Waals surface area contributed by atoms with Gasteiger partial charge < -0.3 is 66.5 Å². The van der Waals surface area contributed by atoms with Crippen molar-refractivity contribution in [2.75, 3.05) is 111 Å². The highest BCUT2D eigenvalue weighted by atomic mass is 16.5. The number of nitrogens with zero attached hydrogens (tertiary/aromatic N) is 2. The van der Waals surface area contributed by atoms with E-state index in [9.17, 15) is 19.8 Å². The van der Waals surface area contributed by atoms with Gasteiger partial charge in [-0.3, -0.25) is 9.59 Å². The molecule has 0 saturated carbocycles. The van der Waals surface area contributed by atoms with Crippen LogP contribution in [-0.4, -0.2) is 142 Å². The number of rotatable bonds is 26. The quantitative estimate of drug-likeness (QED) is 0.0574. The Morgan fingerprint density at radius 1 is 0.521 bits per heavy atom. The molecule has 2 aliphatic rings. The van der Waals surface area contributed by atoms with E-state index in [1.165, 1.54) is 5.56 Å². The highest BCUT2D eigenvalue weighted by Gasteiger charge is 2.45. The summed E-state index contributed by atoms with van der Waals surface area (Å²) < 4.78 is 59.0. The van der Waals surface area contributed by atoms with Crippen LogP contribution in [0.5, 0.6) is 57.5 Å². The van der Waals surface area contributed by atoms with Gasteiger partial charge in [0.1, 0.15) is 12.1 Å². The fourth-order valence-electron chi connectivity index (χ4n) is 11.5. The summed E-state index contributed by atoms with van der Waals surface area (Å²) in [7, 11) is 20.6. The summed E-state index contributed by atoms with van der Waals surface area (Å²) >= 11 is 0. The molecule has 0 aliphatic carbocycles. The predicted octanol–water partition coefficient (Wildman–Crippen LogP) is 8.74. The maximum Gasteiger partial charge on any atom is 0.309 e. The zero-order valence-corrected chi connectivity index (χ0v) is 43.9. The van der Waals surface area contributed by atoms with E-state index in [0.717, 1.165) is 53.7 Å². The summed E-state index contributed by atoms with van der Waals surface area (Å²) in [6, 6.07) is 15.9. The van der Waals surface area contributed by atoms with Crippen LogP contribution in [0.1, 0.15) is 90.4 Å². The van der Waals surface area contributed by atoms with Crippen molar-refractivity contribution in [3.05, 3.63) is 81.9 Å². The van der Waals surface area contributed by atoms with Crippen LogP contribution < -0.4 is 47.4 Å². The average Bonchev–Trinajstić information content (AvgIpc) is 3.37. The number of carboxylic acids is 2. The molecule has 16 heteroatoms. The molecule has 0 amide bonds. The van der Waals surface area contributed by atoms with Gasteiger partial charge in [-0.2, -0.15) is 0 Å². The molecule has 0 aromatic heterocycles. The largest absolute Gasteiger partial charge is 0.493 e. The third-order valence-electron chi connectivity index (χ3n) is 15.4. The molecular weight excluding hydrogens is 913 g/mol. The molecule has 2 heterocycles. The standard InChI is InChI=1S/C55H74N2O14/c1-56(24-17-36-29-42(62-3)44(64-5)33-39(36)41(56)26-35-27-46(66-7)52(70-11)47(28-35)67-8)22-14-20-55(54(60)61,19-13-16-50(58)59)21-15-23-57(2)25-18-37-30-43(63-4)45(65-6)34-40(37)51(57)38-31-48(68-9)53(71-12)49(32-38)69-10/h27-34,41,51H,13-26H2,1-12H3/p+2/t41-,51+,55?,56+,57+/m1/s1. The molecule has 0 radical (unpaired) electrons. The van der Waals surface area contributed by atoms with Gasteiger partial charge in [0.25, 0.3) is 0 Å². The van der Waals surface area contributed by atoms with E-state index in [1.807, 2.05) is 30.3 Å². The second-order valence-corrected chi connectivity index (χ2v) is 19.3. The Kier molecular flexibility index (Phi) is 17.8. The number of aliphatic carboxylic acids is 2. The number of methoxy groups -OCH3 is 10. The molecule has 0 spiro atoms. The van der Waals surface area contributed by atoms with E-state index in [1.54, 1.807) is 71.1 Å². The van der Waals surface area contributed by atoms with Crippen molar-refractivity contribution >= 4 is 11.9 Å². The van der Waals surface area contributed by atoms with E-state index >= 15 is 0 Å². The molecule has 0 bridgehead atoms. The minimum absolute atomic E-state index is 0.0650. The van der Waals surface area contributed by atoms with Crippen LogP contribution >= 0.6 is 0 Å². The van der Waals surface area contributed by atoms with E-state index in [-0.39, 0.29) is 31.3 Å². The maximum atomic E-state index is 13.9. The predicted molar refractivity (Wildman–Crippen MR) is 269 cm³/mol. The zero-order valence-electron chi connectivity index (χ0n) is 43.9. The summed E-state index contributed by atoms with van der Waals surface area (Å²) in [4.78, 5) is 25.8. The Morgan fingerprint density at radius 2 is 0.930 bits per heavy atom. The van der Waals surface area contributed by atoms with Gasteiger partial charge >= 0.3 is 11.9 Å². The van der Waals surface area contributed by atoms with Crippen LogP contribution in [0.25, 0.3) is 0 Å². The Labute approximate surface area is 419 Å². The summed E-state index contributed by atoms with van der Waals surface area (Å²) in [6.45, 7) is 2.86. The lowest BCUT2D eigenvalue weighted by Gasteiger charge is -2.47. The van der Waals surface area contributed by atoms with Crippen molar-refractivity contribution in [1.82, 2.24) is 0 Å². The number of hydrogen-bond acceptors (Lipinski definition) is 12. The molecule has 0 fully saturated rings. The van der Waals surface area contributed by atoms with Crippen LogP contribution in [0.15, 0.2) is 48.5 Å². The molecule has 4 aromatic carbocycles. The summed E-state index contributed by atoms with van der Waals surface area (Å²) in [5, 5.41) is 21.1. The first-order valence-corrected chi connectivity index (χ1v) is 24.3. The normalized spacial score (nSPS) is 20.1. The molecule has 0 saturated heterocycles. The van der Waals surface area contributed by atoms with Crippen LogP contribution in [-0.2, 0) is 28.9 Å². The van der Waals surface area contributed by atoms with Gasteiger partial charge in [0, 0.05) is 42.4 Å². The van der Waals surface area contributed by atoms with Gasteiger partial charge in [0.05, 0.1) is 117 Å². The van der Waals surface area contributed by atoms with Crippen molar-refractivity contribution in [2.45, 2.75) is 76.3 Å². The third kappa shape index (κ3) is 11.3. The Hall–Kier alpha value is -6.26. The molecule has 388 valence electrons. The average molecular weight is 989 g/mol. The smallest absolute Gasteiger partial charge is 0.309 e. The molecule has 5 atom stereocenters. The van der Waals surface area contributed by atoms with Crippen LogP contribution in [0.2, 0.25) is 0 Å². The highest BCUT2D eigenvalue weighted by Crippen LogP contribution is 2.50. The third-order valence-corrected chi connectivity index (χ3v) is 15.4. The first-order valence-electron chi connectivity index (χ1n) is 24.3. The SMILES string of the molecule is COc1cc2c(cc1OC)[C@H](c1cc(OC)c(OC)c(OC)c1)[N@@+](C)(CCCC(CCCC(=O)O)(CCC[N@@+]1(C)CCc3cc(OC)c(OC)cc3[C@H]1Cc1cc(OC)c(OC)c(OC)c1)C(=O)O)CC2. The van der Waals surface area contributed by atoms with E-state index in [2.05, 4.69) is 32.3 Å². The summed E-state index contributed by atoms with van der Waals surface area (Å²) in [5.74, 6) is 3.90. The number of carboxylic acid groups (broad SMARTS) is 2. The molecule has 2 aliphatic heterocycles. The fourth-order valence-corrected chi connectivity index (χ4v) is 11.5. The number of fused-ring (bicyclic) bond motifs is 2. The maximum absolute atomic E-state index is 13.9. The second-order valence-electron chi connectivity index (χ2n) is 19.3. The molecule has 16 nitrogen and oxygen atoms in total. The van der Waals surface area contributed by atoms with Crippen LogP contribution in [0.3, 0.4) is 0 Å². The van der Waals surface area contributed by atoms with Crippen molar-refractivity contribution < 1.29 is 76.1 Å². The number of quaternary nitrogens is 2. The Morgan fingerprint density at radius 3 is 1.38 bits per heavy atom. The second kappa shape index (κ2) is 23.3. The fraction of sp³-hybridized carbons (Fsp3) is 0.527. The number of carbonyl (C=O) groups is 2. The van der Waals surface area contributed by atoms with Gasteiger partial charge in [-0.25, -0.2) is 0 Å². The van der Waals surface area contributed by atoms with Gasteiger partial charge in [0.2, 0.25) is 11.5 Å². The molecule has 4 aromatic rings. The van der Waals surface area contributed by atoms with Gasteiger partial charge in [0.15, 0.2) is 46.0 Å². The van der Waals surface area contributed by atoms with E-state index < -0.39 is 17.4 Å². The van der Waals surface area contributed by atoms with E-state index in [0.29, 0.717) is 112 Å². The summed E-state index contributed by atoms with van der Waals surface area (Å²) in [6.07, 6.45) is 4.46. The lowest BCUT2D eigenvalue weighted by atomic mass is 9.74. The van der Waals surface area contributed by atoms with Crippen molar-refractivity contribution in [3.8, 4) is 57.5 Å². The lowest BCUT2D eigenvalue weighted by Crippen LogP contribution is -2.53. The monoisotopic (exact) mass is 989 g/mol. The van der Waals surface area contributed by atoms with Crippen molar-refractivity contribution in [1.29, 1.82) is 0 Å². The lowest BCUT2D eigenvalue weighted by molar-refractivity contribution is -0.941. The minimum atomic E-state index is -1.17. The Balaban J connectivity index is 1.34. The minimum Gasteiger partial charge on any atom is -0.493 e. The first kappa shape index (κ1) is 54.1. The van der Waals surface area contributed by atoms with E-state index in [4.69, 9.17) is 47.4 Å². The molecule has 2 N–H and O–H groups in total. The number of ether oxygens (including phenoxy) is 10. The Bertz CT molecular complexity index is 2460. The van der Waals surface area contributed by atoms with Crippen LogP contribution in [0.4, 0.5) is 0 Å². The zero-order chi connectivity index (χ0) is 51.7. The summed E-state index contributed by atoms with van der Waals surface area (Å²) in [5.41, 5.74) is 5.26. The molecule has 71 heavy (non-hydrogen) atoms. The van der Waals surface area contributed by atoms with Crippen molar-refractivity contribution in [2.24, 2.45) is 5.41 Å². The number of hydrogen-bond donors (Lipinski definition) is 2. The highest BCUT2D eigenvalue weighted by molar-refractivity contribution is 5.75. The van der Waals surface area contributed by atoms with Gasteiger partial charge in [-0.05, 0) is 104 Å². The van der Waals surface area contributed by atoms with Gasteiger partial charge in [-0.1, -0.05) is 0 Å². The first-order chi connectivity index (χ1) is 34.0. The number of benzene rings is 4.